The maximum absolute atomic E-state index is 14.0. The van der Waals surface area contributed by atoms with E-state index in [1.54, 1.807) is 54.6 Å². The highest BCUT2D eigenvalue weighted by Crippen LogP contribution is 2.65. The summed E-state index contributed by atoms with van der Waals surface area (Å²) in [5.74, 6) is -2.70. The Labute approximate surface area is 263 Å². The Balaban J connectivity index is 0.996. The minimum atomic E-state index is -4.91. The van der Waals surface area contributed by atoms with Crippen molar-refractivity contribution in [1.82, 2.24) is 9.88 Å². The molecular weight excluding hydrogens is 601 g/mol. The number of hydrogen-bond donors (Lipinski definition) is 2. The predicted molar refractivity (Wildman–Crippen MR) is 162 cm³/mol. The molecule has 3 aliphatic carbocycles. The molecule has 12 heteroatoms. The van der Waals surface area contributed by atoms with Crippen molar-refractivity contribution in [2.24, 2.45) is 22.7 Å². The minimum absolute atomic E-state index is 0.103. The maximum atomic E-state index is 14.0. The summed E-state index contributed by atoms with van der Waals surface area (Å²) < 4.78 is 46.1. The first-order valence-electron chi connectivity index (χ1n) is 15.8. The molecule has 4 unspecified atom stereocenters. The molecule has 3 aromatic rings. The van der Waals surface area contributed by atoms with Gasteiger partial charge in [0.2, 0.25) is 17.6 Å². The van der Waals surface area contributed by atoms with Crippen LogP contribution in [0.25, 0.3) is 11.5 Å². The van der Waals surface area contributed by atoms with Gasteiger partial charge in [-0.15, -0.1) is 0 Å². The first kappa shape index (κ1) is 30.3. The number of amides is 2. The van der Waals surface area contributed by atoms with Crippen LogP contribution in [0.3, 0.4) is 0 Å². The molecule has 3 saturated carbocycles. The van der Waals surface area contributed by atoms with Crippen molar-refractivity contribution in [3.8, 4) is 11.5 Å². The van der Waals surface area contributed by atoms with E-state index < -0.39 is 40.3 Å². The van der Waals surface area contributed by atoms with Gasteiger partial charge in [-0.1, -0.05) is 31.0 Å². The fourth-order valence-electron chi connectivity index (χ4n) is 8.60. The number of rotatable bonds is 6. The Hall–Kier alpha value is -4.35. The van der Waals surface area contributed by atoms with Gasteiger partial charge in [-0.05, 0) is 80.3 Å². The van der Waals surface area contributed by atoms with Gasteiger partial charge < -0.3 is 24.6 Å². The van der Waals surface area contributed by atoms with E-state index in [1.807, 2.05) is 4.90 Å². The van der Waals surface area contributed by atoms with E-state index in [0.29, 0.717) is 68.5 Å². The molecule has 7 rings (SSSR count). The third-order valence-electron chi connectivity index (χ3n) is 10.6. The topological polar surface area (TPSA) is 116 Å². The average Bonchev–Trinajstić information content (AvgIpc) is 3.58. The minimum Gasteiger partial charge on any atom is -0.481 e. The van der Waals surface area contributed by atoms with E-state index in [2.05, 4.69) is 15.2 Å². The largest absolute Gasteiger partial charge is 0.481 e. The molecule has 1 aromatic heterocycles. The number of aromatic nitrogens is 1. The van der Waals surface area contributed by atoms with Crippen LogP contribution in [0, 0.1) is 22.7 Å². The first-order valence-corrected chi connectivity index (χ1v) is 15.8. The zero-order valence-electron chi connectivity index (χ0n) is 25.2. The van der Waals surface area contributed by atoms with Crippen molar-refractivity contribution in [3.63, 3.8) is 0 Å². The highest BCUT2D eigenvalue weighted by Gasteiger charge is 2.63. The first-order chi connectivity index (χ1) is 22.0. The lowest BCUT2D eigenvalue weighted by Crippen LogP contribution is -2.55. The van der Waals surface area contributed by atoms with Crippen molar-refractivity contribution >= 4 is 29.2 Å². The molecule has 1 aliphatic heterocycles. The second-order valence-electron chi connectivity index (χ2n) is 13.4. The van der Waals surface area contributed by atoms with Crippen LogP contribution in [0.15, 0.2) is 59.0 Å². The van der Waals surface area contributed by atoms with Crippen LogP contribution in [-0.2, 0) is 15.8 Å². The summed E-state index contributed by atoms with van der Waals surface area (Å²) >= 11 is 0. The van der Waals surface area contributed by atoms with Gasteiger partial charge in [-0.3, -0.25) is 14.4 Å². The van der Waals surface area contributed by atoms with E-state index in [1.165, 1.54) is 0 Å². The Morgan fingerprint density at radius 1 is 0.913 bits per heavy atom. The molecule has 0 spiro atoms. The van der Waals surface area contributed by atoms with Crippen LogP contribution < -0.4 is 10.2 Å². The number of hydrogen-bond acceptors (Lipinski definition) is 6. The smallest absolute Gasteiger partial charge is 0.452 e. The number of carbonyl (C=O) groups excluding carboxylic acids is 2. The number of halogens is 3. The molecule has 2 N–H and O–H groups in total. The molecule has 4 aliphatic rings. The van der Waals surface area contributed by atoms with Crippen molar-refractivity contribution in [1.29, 1.82) is 0 Å². The number of aliphatic carboxylic acids is 1. The number of piperazine rings is 1. The van der Waals surface area contributed by atoms with Gasteiger partial charge in [0.15, 0.2) is 5.69 Å². The number of carboxylic acids is 1. The molecule has 2 heterocycles. The van der Waals surface area contributed by atoms with Crippen molar-refractivity contribution in [2.75, 3.05) is 36.4 Å². The summed E-state index contributed by atoms with van der Waals surface area (Å²) in [5.41, 5.74) is -0.743. The number of nitrogens with zero attached hydrogens (tertiary/aromatic N) is 3. The van der Waals surface area contributed by atoms with Crippen molar-refractivity contribution in [3.05, 3.63) is 66.1 Å². The molecule has 1 saturated heterocycles. The second kappa shape index (κ2) is 11.2. The number of oxazole rings is 1. The quantitative estimate of drug-likeness (QED) is 0.325. The summed E-state index contributed by atoms with van der Waals surface area (Å²) in [5, 5.41) is 12.7. The summed E-state index contributed by atoms with van der Waals surface area (Å²) in [4.78, 5) is 47.2. The molecule has 0 radical (unpaired) electrons. The van der Waals surface area contributed by atoms with Gasteiger partial charge in [-0.25, -0.2) is 4.98 Å². The standard InChI is InChI=1S/C34H35F3N4O5/c35-34(36,37)27-26(39-29(46-27)21-5-2-1-3-6-21)28(42)38-24-8-10-25(11-9-24)40-13-15-41(16-14-40)30(43)33-17-22-7-4-12-32(20-33,31(44)45)18-23(22)19-33/h1-3,5-6,8-11,22-23H,4,7,12-20H2,(H,38,42)(H,44,45). The van der Waals surface area contributed by atoms with E-state index in [9.17, 15) is 32.7 Å². The number of carboxylic acid groups (broad SMARTS) is 1. The highest BCUT2D eigenvalue weighted by atomic mass is 19.4. The van der Waals surface area contributed by atoms with Gasteiger partial charge in [0, 0.05) is 43.1 Å². The number of nitrogens with one attached hydrogen (secondary N) is 1. The third-order valence-corrected chi connectivity index (χ3v) is 10.6. The van der Waals surface area contributed by atoms with E-state index in [0.717, 1.165) is 31.4 Å². The monoisotopic (exact) mass is 636 g/mol. The zero-order valence-corrected chi connectivity index (χ0v) is 25.2. The lowest BCUT2D eigenvalue weighted by molar-refractivity contribution is -0.160. The van der Waals surface area contributed by atoms with Gasteiger partial charge in [0.1, 0.15) is 0 Å². The summed E-state index contributed by atoms with van der Waals surface area (Å²) in [6.45, 7) is 2.20. The van der Waals surface area contributed by atoms with Crippen LogP contribution in [0.4, 0.5) is 24.5 Å². The predicted octanol–water partition coefficient (Wildman–Crippen LogP) is 6.32. The van der Waals surface area contributed by atoms with Crippen LogP contribution in [0.1, 0.15) is 61.2 Å². The number of alkyl halides is 3. The lowest BCUT2D eigenvalue weighted by atomic mass is 9.60. The van der Waals surface area contributed by atoms with Crippen molar-refractivity contribution in [2.45, 2.75) is 51.1 Å². The molecule has 4 atom stereocenters. The molecule has 4 fully saturated rings. The molecule has 3 bridgehead atoms. The van der Waals surface area contributed by atoms with Gasteiger partial charge >= 0.3 is 12.1 Å². The summed E-state index contributed by atoms with van der Waals surface area (Å²) in [6.07, 6.45) is 0.414. The van der Waals surface area contributed by atoms with Crippen LogP contribution in [-0.4, -0.2) is 59.0 Å². The van der Waals surface area contributed by atoms with Gasteiger partial charge in [0.25, 0.3) is 5.91 Å². The summed E-state index contributed by atoms with van der Waals surface area (Å²) in [7, 11) is 0. The number of benzene rings is 2. The van der Waals surface area contributed by atoms with E-state index >= 15 is 0 Å². The normalized spacial score (nSPS) is 27.4. The lowest BCUT2D eigenvalue weighted by Gasteiger charge is -2.46. The highest BCUT2D eigenvalue weighted by molar-refractivity contribution is 6.04. The Morgan fingerprint density at radius 2 is 1.59 bits per heavy atom. The van der Waals surface area contributed by atoms with Crippen LogP contribution >= 0.6 is 0 Å². The molecule has 9 nitrogen and oxygen atoms in total. The number of fused-ring (bicyclic) bond motifs is 2. The summed E-state index contributed by atoms with van der Waals surface area (Å²) in [6, 6.07) is 14.8. The van der Waals surface area contributed by atoms with Crippen LogP contribution in [0.2, 0.25) is 0 Å². The molecular formula is C34H35F3N4O5. The zero-order chi connectivity index (χ0) is 32.3. The van der Waals surface area contributed by atoms with Gasteiger partial charge in [0.05, 0.1) is 10.8 Å². The Bertz CT molecular complexity index is 1650. The van der Waals surface area contributed by atoms with Crippen LogP contribution in [0.5, 0.6) is 0 Å². The molecule has 2 amide bonds. The van der Waals surface area contributed by atoms with Crippen molar-refractivity contribution < 1.29 is 37.1 Å². The van der Waals surface area contributed by atoms with Gasteiger partial charge in [-0.2, -0.15) is 13.2 Å². The fraction of sp³-hybridized carbons (Fsp3) is 0.471. The number of anilines is 2. The average molecular weight is 637 g/mol. The molecule has 2 aromatic carbocycles. The number of carbonyl (C=O) groups is 3. The Morgan fingerprint density at radius 3 is 2.26 bits per heavy atom. The second-order valence-corrected chi connectivity index (χ2v) is 13.4. The van der Waals surface area contributed by atoms with E-state index in [4.69, 9.17) is 4.42 Å². The maximum Gasteiger partial charge on any atom is 0.452 e. The SMILES string of the molecule is O=C(Nc1ccc(N2CCN(C(=O)C34CC5CCCC(C(=O)O)(CC5C3)C4)CC2)cc1)c1nc(-c2ccccc2)oc1C(F)(F)F. The third kappa shape index (κ3) is 5.31. The van der Waals surface area contributed by atoms with E-state index in [-0.39, 0.29) is 11.8 Å². The molecule has 46 heavy (non-hydrogen) atoms. The Kier molecular flexibility index (Phi) is 7.36. The fourth-order valence-corrected chi connectivity index (χ4v) is 8.60. The molecule has 242 valence electrons.